The van der Waals surface area contributed by atoms with Crippen LogP contribution < -0.4 is 10.1 Å². The fraction of sp³-hybridized carbons (Fsp3) is 0.214. The van der Waals surface area contributed by atoms with Gasteiger partial charge in [-0.2, -0.15) is 5.26 Å². The van der Waals surface area contributed by atoms with Gasteiger partial charge in [-0.25, -0.2) is 9.97 Å². The van der Waals surface area contributed by atoms with Gasteiger partial charge in [0.1, 0.15) is 5.75 Å². The highest BCUT2D eigenvalue weighted by atomic mass is 16.5. The third kappa shape index (κ3) is 2.33. The summed E-state index contributed by atoms with van der Waals surface area (Å²) in [5, 5.41) is 10.9. The molecule has 0 amide bonds. The molecule has 1 aliphatic heterocycles. The standard InChI is InChI=1S/C14H12N4O/c15-9-18-14-16-7-12(8-17-14)10-3-4-13-11(6-10)2-1-5-19-13/h3-4,6-8H,1-2,5H2,(H,16,17,18). The van der Waals surface area contributed by atoms with E-state index in [-0.39, 0.29) is 0 Å². The van der Waals surface area contributed by atoms with Crippen LogP contribution in [0.3, 0.4) is 0 Å². The van der Waals surface area contributed by atoms with Gasteiger partial charge < -0.3 is 4.74 Å². The average molecular weight is 252 g/mol. The quantitative estimate of drug-likeness (QED) is 0.656. The molecule has 0 atom stereocenters. The smallest absolute Gasteiger partial charge is 0.236 e. The van der Waals surface area contributed by atoms with Gasteiger partial charge in [0, 0.05) is 18.0 Å². The van der Waals surface area contributed by atoms with Crippen LogP contribution in [0.25, 0.3) is 11.1 Å². The summed E-state index contributed by atoms with van der Waals surface area (Å²) in [6, 6.07) is 6.11. The number of nitrogens with zero attached hydrogens (tertiary/aromatic N) is 3. The van der Waals surface area contributed by atoms with E-state index in [2.05, 4.69) is 21.4 Å². The van der Waals surface area contributed by atoms with Gasteiger partial charge in [-0.05, 0) is 36.1 Å². The van der Waals surface area contributed by atoms with Crippen molar-refractivity contribution in [2.45, 2.75) is 12.8 Å². The summed E-state index contributed by atoms with van der Waals surface area (Å²) < 4.78 is 5.59. The molecule has 2 heterocycles. The lowest BCUT2D eigenvalue weighted by Gasteiger charge is -2.17. The number of ether oxygens (including phenoxy) is 1. The van der Waals surface area contributed by atoms with E-state index in [1.807, 2.05) is 12.1 Å². The summed E-state index contributed by atoms with van der Waals surface area (Å²) in [7, 11) is 0. The van der Waals surface area contributed by atoms with E-state index in [1.165, 1.54) is 5.56 Å². The molecule has 0 fully saturated rings. The number of nitrogens with one attached hydrogen (secondary N) is 1. The summed E-state index contributed by atoms with van der Waals surface area (Å²) >= 11 is 0. The highest BCUT2D eigenvalue weighted by molar-refractivity contribution is 5.64. The first-order valence-electron chi connectivity index (χ1n) is 6.10. The fourth-order valence-electron chi connectivity index (χ4n) is 2.13. The number of anilines is 1. The van der Waals surface area contributed by atoms with Crippen LogP contribution >= 0.6 is 0 Å². The number of nitriles is 1. The normalized spacial score (nSPS) is 13.0. The zero-order chi connectivity index (χ0) is 13.1. The van der Waals surface area contributed by atoms with Crippen LogP contribution in [-0.2, 0) is 6.42 Å². The minimum Gasteiger partial charge on any atom is -0.493 e. The fourth-order valence-corrected chi connectivity index (χ4v) is 2.13. The molecule has 0 radical (unpaired) electrons. The molecular formula is C14H12N4O. The van der Waals surface area contributed by atoms with Crippen molar-refractivity contribution in [1.29, 1.82) is 5.26 Å². The molecule has 0 saturated carbocycles. The number of hydrogen-bond acceptors (Lipinski definition) is 5. The van der Waals surface area contributed by atoms with Crippen molar-refractivity contribution >= 4 is 5.95 Å². The molecule has 0 unspecified atom stereocenters. The molecule has 0 bridgehead atoms. The Kier molecular flexibility index (Phi) is 2.99. The predicted octanol–water partition coefficient (Wildman–Crippen LogP) is 2.36. The van der Waals surface area contributed by atoms with Gasteiger partial charge in [0.05, 0.1) is 6.61 Å². The first-order chi connectivity index (χ1) is 9.36. The van der Waals surface area contributed by atoms with Crippen molar-refractivity contribution in [1.82, 2.24) is 9.97 Å². The molecule has 1 aromatic heterocycles. The first-order valence-corrected chi connectivity index (χ1v) is 6.10. The topological polar surface area (TPSA) is 70.8 Å². The zero-order valence-electron chi connectivity index (χ0n) is 10.3. The highest BCUT2D eigenvalue weighted by Gasteiger charge is 2.11. The molecule has 94 valence electrons. The Morgan fingerprint density at radius 2 is 2.05 bits per heavy atom. The lowest BCUT2D eigenvalue weighted by molar-refractivity contribution is 0.288. The van der Waals surface area contributed by atoms with Crippen LogP contribution in [0.15, 0.2) is 30.6 Å². The van der Waals surface area contributed by atoms with E-state index in [4.69, 9.17) is 10.00 Å². The lowest BCUT2D eigenvalue weighted by atomic mass is 10.0. The van der Waals surface area contributed by atoms with Crippen molar-refractivity contribution in [3.05, 3.63) is 36.2 Å². The van der Waals surface area contributed by atoms with Crippen molar-refractivity contribution in [2.24, 2.45) is 0 Å². The number of hydrogen-bond donors (Lipinski definition) is 1. The predicted molar refractivity (Wildman–Crippen MR) is 70.5 cm³/mol. The van der Waals surface area contributed by atoms with E-state index in [0.717, 1.165) is 36.3 Å². The zero-order valence-corrected chi connectivity index (χ0v) is 10.3. The molecule has 1 aliphatic rings. The van der Waals surface area contributed by atoms with Gasteiger partial charge in [-0.1, -0.05) is 6.07 Å². The maximum atomic E-state index is 8.48. The maximum Gasteiger partial charge on any atom is 0.236 e. The number of aryl methyl sites for hydroxylation is 1. The van der Waals surface area contributed by atoms with E-state index >= 15 is 0 Å². The van der Waals surface area contributed by atoms with Gasteiger partial charge in [0.15, 0.2) is 6.19 Å². The Labute approximate surface area is 110 Å². The van der Waals surface area contributed by atoms with Crippen molar-refractivity contribution in [2.75, 3.05) is 11.9 Å². The van der Waals surface area contributed by atoms with Crippen molar-refractivity contribution in [3.8, 4) is 23.1 Å². The molecule has 5 heteroatoms. The SMILES string of the molecule is N#CNc1ncc(-c2ccc3c(c2)CCCO3)cn1. The molecule has 0 aliphatic carbocycles. The molecule has 5 nitrogen and oxygen atoms in total. The van der Waals surface area contributed by atoms with E-state index < -0.39 is 0 Å². The van der Waals surface area contributed by atoms with Crippen molar-refractivity contribution in [3.63, 3.8) is 0 Å². The monoisotopic (exact) mass is 252 g/mol. The minimum absolute atomic E-state index is 0.313. The molecule has 3 rings (SSSR count). The second-order valence-electron chi connectivity index (χ2n) is 4.31. The third-order valence-corrected chi connectivity index (χ3v) is 3.06. The van der Waals surface area contributed by atoms with Crippen LogP contribution in [0.5, 0.6) is 5.75 Å². The Balaban J connectivity index is 1.91. The Hall–Kier alpha value is -2.61. The summed E-state index contributed by atoms with van der Waals surface area (Å²) in [5.74, 6) is 1.28. The van der Waals surface area contributed by atoms with Crippen LogP contribution in [0.2, 0.25) is 0 Å². The Bertz CT molecular complexity index is 631. The van der Waals surface area contributed by atoms with Gasteiger partial charge in [0.2, 0.25) is 5.95 Å². The molecule has 1 N–H and O–H groups in total. The third-order valence-electron chi connectivity index (χ3n) is 3.06. The number of fused-ring (bicyclic) bond motifs is 1. The van der Waals surface area contributed by atoms with E-state index in [0.29, 0.717) is 5.95 Å². The summed E-state index contributed by atoms with van der Waals surface area (Å²) in [4.78, 5) is 8.16. The van der Waals surface area contributed by atoms with Gasteiger partial charge in [-0.3, -0.25) is 5.32 Å². The van der Waals surface area contributed by atoms with Crippen LogP contribution in [0.4, 0.5) is 5.95 Å². The van der Waals surface area contributed by atoms with E-state index in [9.17, 15) is 0 Å². The number of aromatic nitrogens is 2. The molecular weight excluding hydrogens is 240 g/mol. The van der Waals surface area contributed by atoms with Crippen LogP contribution in [0, 0.1) is 11.5 Å². The molecule has 0 saturated heterocycles. The summed E-state index contributed by atoms with van der Waals surface area (Å²) in [6.07, 6.45) is 7.30. The largest absolute Gasteiger partial charge is 0.493 e. The average Bonchev–Trinajstić information content (AvgIpc) is 2.48. The minimum atomic E-state index is 0.313. The maximum absolute atomic E-state index is 8.48. The Morgan fingerprint density at radius 1 is 1.21 bits per heavy atom. The molecule has 2 aromatic rings. The number of benzene rings is 1. The molecule has 19 heavy (non-hydrogen) atoms. The van der Waals surface area contributed by atoms with Gasteiger partial charge in [-0.15, -0.1) is 0 Å². The number of rotatable bonds is 2. The lowest BCUT2D eigenvalue weighted by Crippen LogP contribution is -2.08. The van der Waals surface area contributed by atoms with Crippen molar-refractivity contribution < 1.29 is 4.74 Å². The highest BCUT2D eigenvalue weighted by Crippen LogP contribution is 2.29. The van der Waals surface area contributed by atoms with Crippen LogP contribution in [-0.4, -0.2) is 16.6 Å². The van der Waals surface area contributed by atoms with Crippen LogP contribution in [0.1, 0.15) is 12.0 Å². The summed E-state index contributed by atoms with van der Waals surface area (Å²) in [6.45, 7) is 0.796. The van der Waals surface area contributed by atoms with Gasteiger partial charge >= 0.3 is 0 Å². The summed E-state index contributed by atoms with van der Waals surface area (Å²) in [5.41, 5.74) is 3.22. The second-order valence-corrected chi connectivity index (χ2v) is 4.31. The van der Waals surface area contributed by atoms with E-state index in [1.54, 1.807) is 18.6 Å². The Morgan fingerprint density at radius 3 is 2.84 bits per heavy atom. The molecule has 1 aromatic carbocycles. The molecule has 0 spiro atoms. The van der Waals surface area contributed by atoms with Gasteiger partial charge in [0.25, 0.3) is 0 Å². The first kappa shape index (κ1) is 11.5. The second kappa shape index (κ2) is 4.94.